The summed E-state index contributed by atoms with van der Waals surface area (Å²) in [6, 6.07) is 3.57. The average Bonchev–Trinajstić information content (AvgIpc) is 2.99. The number of amides is 2. The van der Waals surface area contributed by atoms with E-state index in [4.69, 9.17) is 4.74 Å². The quantitative estimate of drug-likeness (QED) is 0.814. The van der Waals surface area contributed by atoms with Crippen LogP contribution in [0.1, 0.15) is 38.5 Å². The number of carbonyl (C=O) groups is 1. The molecule has 1 atom stereocenters. The molecule has 0 radical (unpaired) electrons. The van der Waals surface area contributed by atoms with Crippen LogP contribution >= 0.6 is 0 Å². The van der Waals surface area contributed by atoms with E-state index in [1.807, 2.05) is 18.3 Å². The first-order valence-corrected chi connectivity index (χ1v) is 8.38. The molecule has 0 unspecified atom stereocenters. The van der Waals surface area contributed by atoms with Gasteiger partial charge < -0.3 is 15.0 Å². The predicted molar refractivity (Wildman–Crippen MR) is 88.4 cm³/mol. The number of rotatable bonds is 3. The Morgan fingerprint density at radius 1 is 1.39 bits per heavy atom. The number of anilines is 1. The van der Waals surface area contributed by atoms with E-state index in [-0.39, 0.29) is 17.7 Å². The summed E-state index contributed by atoms with van der Waals surface area (Å²) in [6.45, 7) is 0.556. The van der Waals surface area contributed by atoms with Crippen LogP contribution in [-0.4, -0.2) is 34.2 Å². The SMILES string of the molecule is O=C(NC[C@H]1CCCC2(CCC2)O1)Nc1cc2cc[nH]c2cn1. The van der Waals surface area contributed by atoms with Crippen LogP contribution in [0, 0.1) is 0 Å². The van der Waals surface area contributed by atoms with Gasteiger partial charge in [0, 0.05) is 18.1 Å². The second-order valence-electron chi connectivity index (χ2n) is 6.64. The smallest absolute Gasteiger partial charge is 0.320 e. The molecule has 3 N–H and O–H groups in total. The molecule has 2 fully saturated rings. The third-order valence-corrected chi connectivity index (χ3v) is 5.01. The van der Waals surface area contributed by atoms with E-state index in [0.29, 0.717) is 12.4 Å². The average molecular weight is 314 g/mol. The monoisotopic (exact) mass is 314 g/mol. The van der Waals surface area contributed by atoms with E-state index >= 15 is 0 Å². The Balaban J connectivity index is 1.29. The predicted octanol–water partition coefficient (Wildman–Crippen LogP) is 3.18. The molecule has 1 spiro atoms. The summed E-state index contributed by atoms with van der Waals surface area (Å²) in [5.41, 5.74) is 1.08. The minimum Gasteiger partial charge on any atom is -0.370 e. The molecule has 0 aromatic carbocycles. The van der Waals surface area contributed by atoms with Crippen molar-refractivity contribution in [1.29, 1.82) is 0 Å². The summed E-state index contributed by atoms with van der Waals surface area (Å²) in [7, 11) is 0. The van der Waals surface area contributed by atoms with Gasteiger partial charge in [-0.25, -0.2) is 9.78 Å². The number of urea groups is 1. The lowest BCUT2D eigenvalue weighted by molar-refractivity contribution is -0.166. The first-order valence-electron chi connectivity index (χ1n) is 8.38. The highest BCUT2D eigenvalue weighted by molar-refractivity contribution is 5.91. The van der Waals surface area contributed by atoms with Crippen molar-refractivity contribution in [3.8, 4) is 0 Å². The standard InChI is InChI=1S/C17H22N4O2/c22-16(21-15-9-12-4-8-18-14(12)11-19-15)20-10-13-3-1-5-17(23-13)6-2-7-17/h4,8-9,11,13,18H,1-3,5-7,10H2,(H2,19,20,21,22)/t13-/m1/s1. The first-order chi connectivity index (χ1) is 11.2. The number of ether oxygens (including phenoxy) is 1. The van der Waals surface area contributed by atoms with Gasteiger partial charge in [0.2, 0.25) is 0 Å². The topological polar surface area (TPSA) is 79.0 Å². The van der Waals surface area contributed by atoms with Crippen LogP contribution in [0.15, 0.2) is 24.5 Å². The van der Waals surface area contributed by atoms with Gasteiger partial charge in [-0.05, 0) is 50.7 Å². The van der Waals surface area contributed by atoms with Crippen molar-refractivity contribution in [1.82, 2.24) is 15.3 Å². The van der Waals surface area contributed by atoms with Gasteiger partial charge in [-0.2, -0.15) is 0 Å². The summed E-state index contributed by atoms with van der Waals surface area (Å²) in [5, 5.41) is 6.71. The molecular formula is C17H22N4O2. The number of pyridine rings is 1. The minimum absolute atomic E-state index is 0.127. The molecule has 2 aromatic heterocycles. The second-order valence-corrected chi connectivity index (χ2v) is 6.64. The van der Waals surface area contributed by atoms with Gasteiger partial charge in [-0.3, -0.25) is 5.32 Å². The first kappa shape index (κ1) is 14.5. The number of fused-ring (bicyclic) bond motifs is 1. The lowest BCUT2D eigenvalue weighted by Crippen LogP contribution is -2.49. The highest BCUT2D eigenvalue weighted by Gasteiger charge is 2.42. The summed E-state index contributed by atoms with van der Waals surface area (Å²) < 4.78 is 6.20. The molecule has 1 aliphatic carbocycles. The van der Waals surface area contributed by atoms with Crippen LogP contribution in [-0.2, 0) is 4.74 Å². The van der Waals surface area contributed by atoms with Gasteiger partial charge in [-0.1, -0.05) is 0 Å². The van der Waals surface area contributed by atoms with Crippen LogP contribution in [0.2, 0.25) is 0 Å². The lowest BCUT2D eigenvalue weighted by atomic mass is 9.74. The Kier molecular flexibility index (Phi) is 3.69. The highest BCUT2D eigenvalue weighted by atomic mass is 16.5. The third-order valence-electron chi connectivity index (χ3n) is 5.01. The normalized spacial score (nSPS) is 22.7. The van der Waals surface area contributed by atoms with E-state index in [9.17, 15) is 4.79 Å². The van der Waals surface area contributed by atoms with E-state index in [1.165, 1.54) is 32.1 Å². The summed E-state index contributed by atoms with van der Waals surface area (Å²) in [5.74, 6) is 0.551. The van der Waals surface area contributed by atoms with Crippen LogP contribution in [0.4, 0.5) is 10.6 Å². The van der Waals surface area contributed by atoms with Crippen molar-refractivity contribution in [3.05, 3.63) is 24.5 Å². The number of hydrogen-bond acceptors (Lipinski definition) is 3. The molecular weight excluding hydrogens is 292 g/mol. The molecule has 1 saturated carbocycles. The zero-order valence-corrected chi connectivity index (χ0v) is 13.1. The second kappa shape index (κ2) is 5.85. The summed E-state index contributed by atoms with van der Waals surface area (Å²) >= 11 is 0. The van der Waals surface area contributed by atoms with Gasteiger partial charge in [0.05, 0.1) is 23.4 Å². The zero-order valence-electron chi connectivity index (χ0n) is 13.1. The number of hydrogen-bond donors (Lipinski definition) is 3. The van der Waals surface area contributed by atoms with Crippen LogP contribution < -0.4 is 10.6 Å². The molecule has 2 aromatic rings. The maximum atomic E-state index is 12.0. The van der Waals surface area contributed by atoms with Gasteiger partial charge >= 0.3 is 6.03 Å². The number of nitrogens with one attached hydrogen (secondary N) is 3. The fourth-order valence-electron chi connectivity index (χ4n) is 3.59. The Labute approximate surface area is 135 Å². The maximum absolute atomic E-state index is 12.0. The highest BCUT2D eigenvalue weighted by Crippen LogP contribution is 2.43. The van der Waals surface area contributed by atoms with E-state index in [0.717, 1.165) is 17.3 Å². The van der Waals surface area contributed by atoms with Gasteiger partial charge in [0.25, 0.3) is 0 Å². The van der Waals surface area contributed by atoms with Crippen molar-refractivity contribution in [2.75, 3.05) is 11.9 Å². The van der Waals surface area contributed by atoms with E-state index in [2.05, 4.69) is 20.6 Å². The molecule has 1 saturated heterocycles. The molecule has 3 heterocycles. The molecule has 23 heavy (non-hydrogen) atoms. The van der Waals surface area contributed by atoms with Gasteiger partial charge in [0.1, 0.15) is 5.82 Å². The minimum atomic E-state index is -0.232. The largest absolute Gasteiger partial charge is 0.370 e. The molecule has 2 aliphatic rings. The van der Waals surface area contributed by atoms with E-state index in [1.54, 1.807) is 6.20 Å². The van der Waals surface area contributed by atoms with Crippen LogP contribution in [0.3, 0.4) is 0 Å². The van der Waals surface area contributed by atoms with Crippen molar-refractivity contribution in [3.63, 3.8) is 0 Å². The molecule has 0 bridgehead atoms. The van der Waals surface area contributed by atoms with Crippen molar-refractivity contribution >= 4 is 22.8 Å². The van der Waals surface area contributed by atoms with Crippen molar-refractivity contribution < 1.29 is 9.53 Å². The van der Waals surface area contributed by atoms with Crippen molar-refractivity contribution in [2.24, 2.45) is 0 Å². The maximum Gasteiger partial charge on any atom is 0.320 e. The molecule has 6 nitrogen and oxygen atoms in total. The van der Waals surface area contributed by atoms with Gasteiger partial charge in [0.15, 0.2) is 0 Å². The van der Waals surface area contributed by atoms with E-state index < -0.39 is 0 Å². The summed E-state index contributed by atoms with van der Waals surface area (Å²) in [6.07, 6.45) is 10.7. The molecule has 1 aliphatic heterocycles. The van der Waals surface area contributed by atoms with Crippen LogP contribution in [0.5, 0.6) is 0 Å². The Hall–Kier alpha value is -2.08. The fraction of sp³-hybridized carbons (Fsp3) is 0.529. The fourth-order valence-corrected chi connectivity index (χ4v) is 3.59. The number of nitrogens with zero attached hydrogens (tertiary/aromatic N) is 1. The lowest BCUT2D eigenvalue weighted by Gasteiger charge is -2.47. The molecule has 6 heteroatoms. The summed E-state index contributed by atoms with van der Waals surface area (Å²) in [4.78, 5) is 19.4. The molecule has 2 amide bonds. The Morgan fingerprint density at radius 2 is 2.26 bits per heavy atom. The zero-order chi connectivity index (χ0) is 15.7. The molecule has 4 rings (SSSR count). The molecule has 122 valence electrons. The third kappa shape index (κ3) is 3.03. The number of carbonyl (C=O) groups excluding carboxylic acids is 1. The van der Waals surface area contributed by atoms with Crippen LogP contribution in [0.25, 0.3) is 10.9 Å². The van der Waals surface area contributed by atoms with Gasteiger partial charge in [-0.15, -0.1) is 0 Å². The number of aromatic nitrogens is 2. The Bertz CT molecular complexity index is 707. The number of aromatic amines is 1. The number of H-pyrrole nitrogens is 1. The Morgan fingerprint density at radius 3 is 3.09 bits per heavy atom. The van der Waals surface area contributed by atoms with Crippen molar-refractivity contribution in [2.45, 2.75) is 50.2 Å².